The van der Waals surface area contributed by atoms with Crippen LogP contribution in [0.4, 0.5) is 0 Å². The summed E-state index contributed by atoms with van der Waals surface area (Å²) in [5.74, 6) is 1.83. The van der Waals surface area contributed by atoms with Crippen LogP contribution in [0.2, 0.25) is 0 Å². The van der Waals surface area contributed by atoms with Crippen LogP contribution in [0.5, 0.6) is 11.5 Å². The number of aryl methyl sites for hydroxylation is 2. The first-order valence-corrected chi connectivity index (χ1v) is 13.1. The molecule has 4 rings (SSSR count). The first-order valence-electron chi connectivity index (χ1n) is 13.1. The highest BCUT2D eigenvalue weighted by Crippen LogP contribution is 2.27. The molecule has 0 aromatic heterocycles. The van der Waals surface area contributed by atoms with Crippen LogP contribution in [0.15, 0.2) is 42.5 Å². The molecule has 2 heterocycles. The summed E-state index contributed by atoms with van der Waals surface area (Å²) in [4.78, 5) is 4.95. The van der Waals surface area contributed by atoms with Crippen molar-refractivity contribution in [1.29, 1.82) is 0 Å². The number of piperidine rings is 1. The number of nitrogens with zero attached hydrogens (tertiary/aromatic N) is 2. The van der Waals surface area contributed by atoms with E-state index in [0.717, 1.165) is 69.1 Å². The smallest absolute Gasteiger partial charge is 0.122 e. The zero-order chi connectivity index (χ0) is 23.8. The third-order valence-electron chi connectivity index (χ3n) is 7.29. The van der Waals surface area contributed by atoms with Crippen molar-refractivity contribution in [3.8, 4) is 11.5 Å². The van der Waals surface area contributed by atoms with Crippen LogP contribution in [0, 0.1) is 13.8 Å². The van der Waals surface area contributed by atoms with Gasteiger partial charge in [-0.25, -0.2) is 0 Å². The van der Waals surface area contributed by atoms with Crippen molar-refractivity contribution in [3.05, 3.63) is 59.2 Å². The van der Waals surface area contributed by atoms with E-state index in [-0.39, 0.29) is 0 Å². The molecule has 1 atom stereocenters. The molecule has 0 spiro atoms. The Hall–Kier alpha value is -2.08. The SMILES string of the molecule is Cc1ccc(OCC2(O)CCCN(Cc3ccc(OCCN4CCCCC4)cc3)CC2)c(C)c1. The van der Waals surface area contributed by atoms with Gasteiger partial charge >= 0.3 is 0 Å². The minimum atomic E-state index is -0.766. The lowest BCUT2D eigenvalue weighted by atomic mass is 9.96. The highest BCUT2D eigenvalue weighted by Gasteiger charge is 2.31. The summed E-state index contributed by atoms with van der Waals surface area (Å²) in [5, 5.41) is 11.2. The molecule has 0 amide bonds. The van der Waals surface area contributed by atoms with Crippen molar-refractivity contribution in [2.45, 2.75) is 64.5 Å². The third kappa shape index (κ3) is 7.46. The molecule has 34 heavy (non-hydrogen) atoms. The largest absolute Gasteiger partial charge is 0.492 e. The van der Waals surface area contributed by atoms with Gasteiger partial charge in [-0.1, -0.05) is 36.2 Å². The molecule has 2 saturated heterocycles. The van der Waals surface area contributed by atoms with Crippen molar-refractivity contribution in [1.82, 2.24) is 9.80 Å². The second-order valence-corrected chi connectivity index (χ2v) is 10.3. The van der Waals surface area contributed by atoms with Gasteiger partial charge in [-0.05, 0) is 94.9 Å². The molecule has 0 saturated carbocycles. The van der Waals surface area contributed by atoms with E-state index in [1.165, 1.54) is 43.5 Å². The van der Waals surface area contributed by atoms with Crippen molar-refractivity contribution < 1.29 is 14.6 Å². The Morgan fingerprint density at radius 1 is 0.824 bits per heavy atom. The van der Waals surface area contributed by atoms with Crippen molar-refractivity contribution in [2.24, 2.45) is 0 Å². The Morgan fingerprint density at radius 2 is 1.59 bits per heavy atom. The highest BCUT2D eigenvalue weighted by molar-refractivity contribution is 5.35. The Balaban J connectivity index is 1.20. The van der Waals surface area contributed by atoms with Gasteiger partial charge in [0.05, 0.1) is 5.60 Å². The molecular formula is C29H42N2O3. The maximum absolute atomic E-state index is 11.2. The van der Waals surface area contributed by atoms with E-state index in [1.54, 1.807) is 0 Å². The average Bonchev–Trinajstić information content (AvgIpc) is 3.02. The fourth-order valence-corrected chi connectivity index (χ4v) is 5.14. The van der Waals surface area contributed by atoms with E-state index in [4.69, 9.17) is 9.47 Å². The molecule has 5 nitrogen and oxygen atoms in total. The minimum absolute atomic E-state index is 0.355. The normalized spacial score (nSPS) is 22.3. The van der Waals surface area contributed by atoms with Gasteiger partial charge in [0.1, 0.15) is 24.7 Å². The standard InChI is InChI=1S/C29H42N2O3/c1-24-7-12-28(25(2)21-24)34-23-29(32)13-6-17-31(18-14-29)22-26-8-10-27(11-9-26)33-20-19-30-15-4-3-5-16-30/h7-12,21,32H,3-6,13-20,22-23H2,1-2H3. The lowest BCUT2D eigenvalue weighted by Crippen LogP contribution is -2.37. The summed E-state index contributed by atoms with van der Waals surface area (Å²) in [6.07, 6.45) is 6.50. The molecule has 0 radical (unpaired) electrons. The molecule has 186 valence electrons. The van der Waals surface area contributed by atoms with Crippen LogP contribution in [0.1, 0.15) is 55.2 Å². The van der Waals surface area contributed by atoms with Gasteiger partial charge in [-0.15, -0.1) is 0 Å². The summed E-state index contributed by atoms with van der Waals surface area (Å²) < 4.78 is 12.0. The van der Waals surface area contributed by atoms with Crippen LogP contribution >= 0.6 is 0 Å². The zero-order valence-corrected chi connectivity index (χ0v) is 21.1. The van der Waals surface area contributed by atoms with Crippen molar-refractivity contribution >= 4 is 0 Å². The predicted octanol–water partition coefficient (Wildman–Crippen LogP) is 4.96. The Labute approximate surface area is 205 Å². The second kappa shape index (κ2) is 12.1. The third-order valence-corrected chi connectivity index (χ3v) is 7.29. The van der Waals surface area contributed by atoms with Crippen molar-refractivity contribution in [2.75, 3.05) is 45.9 Å². The maximum Gasteiger partial charge on any atom is 0.122 e. The van der Waals surface area contributed by atoms with Crippen LogP contribution in [0.3, 0.4) is 0 Å². The number of aliphatic hydroxyl groups is 1. The Morgan fingerprint density at radius 3 is 2.35 bits per heavy atom. The van der Waals surface area contributed by atoms with Gasteiger partial charge in [0.15, 0.2) is 0 Å². The van der Waals surface area contributed by atoms with Crippen LogP contribution in [-0.2, 0) is 6.54 Å². The molecule has 0 aliphatic carbocycles. The van der Waals surface area contributed by atoms with Gasteiger partial charge in [0.2, 0.25) is 0 Å². The fourth-order valence-electron chi connectivity index (χ4n) is 5.14. The topological polar surface area (TPSA) is 45.2 Å². The molecular weight excluding hydrogens is 424 g/mol. The summed E-state index contributed by atoms with van der Waals surface area (Å²) >= 11 is 0. The summed E-state index contributed by atoms with van der Waals surface area (Å²) in [6, 6.07) is 14.7. The monoisotopic (exact) mass is 466 g/mol. The molecule has 1 unspecified atom stereocenters. The van der Waals surface area contributed by atoms with Gasteiger partial charge in [0.25, 0.3) is 0 Å². The molecule has 1 N–H and O–H groups in total. The molecule has 0 bridgehead atoms. The summed E-state index contributed by atoms with van der Waals surface area (Å²) in [7, 11) is 0. The van der Waals surface area contributed by atoms with Gasteiger partial charge in [-0.2, -0.15) is 0 Å². The number of rotatable bonds is 9. The predicted molar refractivity (Wildman–Crippen MR) is 138 cm³/mol. The number of hydrogen-bond donors (Lipinski definition) is 1. The molecule has 2 aromatic rings. The van der Waals surface area contributed by atoms with E-state index in [0.29, 0.717) is 6.61 Å². The van der Waals surface area contributed by atoms with Crippen LogP contribution in [0.25, 0.3) is 0 Å². The molecule has 2 fully saturated rings. The van der Waals surface area contributed by atoms with Gasteiger partial charge in [-0.3, -0.25) is 9.80 Å². The van der Waals surface area contributed by atoms with E-state index in [2.05, 4.69) is 60.0 Å². The second-order valence-electron chi connectivity index (χ2n) is 10.3. The maximum atomic E-state index is 11.2. The van der Waals surface area contributed by atoms with Crippen LogP contribution in [-0.4, -0.2) is 66.4 Å². The molecule has 2 aliphatic heterocycles. The molecule has 5 heteroatoms. The summed E-state index contributed by atoms with van der Waals surface area (Å²) in [5.41, 5.74) is 2.88. The number of likely N-dealkylation sites (tertiary alicyclic amines) is 2. The lowest BCUT2D eigenvalue weighted by Gasteiger charge is -2.27. The van der Waals surface area contributed by atoms with E-state index < -0.39 is 5.60 Å². The van der Waals surface area contributed by atoms with Gasteiger partial charge in [0, 0.05) is 19.6 Å². The molecule has 2 aromatic carbocycles. The quantitative estimate of drug-likeness (QED) is 0.566. The highest BCUT2D eigenvalue weighted by atomic mass is 16.5. The van der Waals surface area contributed by atoms with E-state index >= 15 is 0 Å². The van der Waals surface area contributed by atoms with Crippen LogP contribution < -0.4 is 9.47 Å². The zero-order valence-electron chi connectivity index (χ0n) is 21.1. The van der Waals surface area contributed by atoms with Crippen molar-refractivity contribution in [3.63, 3.8) is 0 Å². The Bertz CT molecular complexity index is 895. The minimum Gasteiger partial charge on any atom is -0.492 e. The lowest BCUT2D eigenvalue weighted by molar-refractivity contribution is -0.0170. The first kappa shape index (κ1) is 25.0. The first-order chi connectivity index (χ1) is 16.5. The number of benzene rings is 2. The number of hydrogen-bond acceptors (Lipinski definition) is 5. The number of ether oxygens (including phenoxy) is 2. The molecule has 2 aliphatic rings. The average molecular weight is 467 g/mol. The Kier molecular flexibility index (Phi) is 8.87. The fraction of sp³-hybridized carbons (Fsp3) is 0.586. The summed E-state index contributed by atoms with van der Waals surface area (Å²) in [6.45, 7) is 11.5. The van der Waals surface area contributed by atoms with E-state index in [1.807, 2.05) is 6.07 Å². The van der Waals surface area contributed by atoms with Gasteiger partial charge < -0.3 is 14.6 Å². The van der Waals surface area contributed by atoms with E-state index in [9.17, 15) is 5.11 Å².